The van der Waals surface area contributed by atoms with Gasteiger partial charge in [0.25, 0.3) is 0 Å². The lowest BCUT2D eigenvalue weighted by Crippen LogP contribution is -2.10. The molecule has 2 aromatic heterocycles. The molecule has 4 rings (SSSR count). The fraction of sp³-hybridized carbons (Fsp3) is 0.0526. The smallest absolute Gasteiger partial charge is 0.158 e. The Kier molecular flexibility index (Phi) is 3.08. The van der Waals surface area contributed by atoms with Crippen molar-refractivity contribution >= 4 is 21.7 Å². The van der Waals surface area contributed by atoms with Gasteiger partial charge in [-0.05, 0) is 30.5 Å². The van der Waals surface area contributed by atoms with E-state index < -0.39 is 0 Å². The van der Waals surface area contributed by atoms with Gasteiger partial charge in [-0.3, -0.25) is 4.98 Å². The van der Waals surface area contributed by atoms with Crippen LogP contribution in [0.25, 0.3) is 33.2 Å². The first-order valence-corrected chi connectivity index (χ1v) is 7.33. The van der Waals surface area contributed by atoms with Crippen LogP contribution in [0.4, 0.5) is 0 Å². The van der Waals surface area contributed by atoms with Crippen molar-refractivity contribution in [2.75, 3.05) is 0 Å². The molecule has 0 atom stereocenters. The number of para-hydroxylation sites is 1. The van der Waals surface area contributed by atoms with Crippen molar-refractivity contribution in [3.63, 3.8) is 0 Å². The van der Waals surface area contributed by atoms with Crippen molar-refractivity contribution in [2.24, 2.45) is 5.16 Å². The lowest BCUT2D eigenvalue weighted by Gasteiger charge is -2.08. The molecule has 4 nitrogen and oxygen atoms in total. The monoisotopic (exact) mass is 302 g/mol. The predicted molar refractivity (Wildman–Crippen MR) is 89.0 cm³/mol. The lowest BCUT2D eigenvalue weighted by molar-refractivity contribution is 0.302. The van der Waals surface area contributed by atoms with Crippen molar-refractivity contribution in [1.29, 1.82) is 0 Å². The second-order valence-corrected chi connectivity index (χ2v) is 5.42. The van der Waals surface area contributed by atoms with E-state index in [0.717, 1.165) is 27.4 Å². The molecule has 0 aliphatic carbocycles. The number of fused-ring (bicyclic) bond motifs is 2. The molecule has 112 valence electrons. The van der Waals surface area contributed by atoms with Crippen molar-refractivity contribution in [3.05, 3.63) is 71.7 Å². The van der Waals surface area contributed by atoms with Gasteiger partial charge in [-0.25, -0.2) is 0 Å². The van der Waals surface area contributed by atoms with E-state index in [2.05, 4.69) is 10.1 Å². The predicted octanol–water partition coefficient (Wildman–Crippen LogP) is 4.25. The van der Waals surface area contributed by atoms with Gasteiger partial charge in [0.15, 0.2) is 5.76 Å². The molecular formula is C19H14N2O2. The van der Waals surface area contributed by atoms with Crippen LogP contribution in [0.1, 0.15) is 5.56 Å². The summed E-state index contributed by atoms with van der Waals surface area (Å²) in [4.78, 5) is 4.50. The summed E-state index contributed by atoms with van der Waals surface area (Å²) in [5, 5.41) is 16.3. The number of hydrogen-bond donors (Lipinski definition) is 1. The number of hydrogen-bond acceptors (Lipinski definition) is 4. The molecule has 0 aliphatic heterocycles. The van der Waals surface area contributed by atoms with Crippen LogP contribution in [0.5, 0.6) is 0 Å². The van der Waals surface area contributed by atoms with Crippen LogP contribution in [0, 0.1) is 6.92 Å². The van der Waals surface area contributed by atoms with E-state index >= 15 is 0 Å². The SMILES string of the molecule is Cc1c(-c2cc3ccccc3cn2)oc2ccccc2/c1=N\O. The molecule has 0 saturated heterocycles. The van der Waals surface area contributed by atoms with Crippen molar-refractivity contribution < 1.29 is 9.62 Å². The zero-order valence-corrected chi connectivity index (χ0v) is 12.5. The maximum atomic E-state index is 9.42. The maximum absolute atomic E-state index is 9.42. The molecule has 0 aliphatic rings. The normalized spacial score (nSPS) is 12.1. The Labute approximate surface area is 132 Å². The van der Waals surface area contributed by atoms with Gasteiger partial charge in [0, 0.05) is 22.5 Å². The molecule has 0 saturated carbocycles. The van der Waals surface area contributed by atoms with Crippen LogP contribution in [0.2, 0.25) is 0 Å². The molecule has 4 heteroatoms. The maximum Gasteiger partial charge on any atom is 0.158 e. The van der Waals surface area contributed by atoms with Crippen LogP contribution in [-0.4, -0.2) is 10.2 Å². The van der Waals surface area contributed by atoms with Gasteiger partial charge in [0.2, 0.25) is 0 Å². The van der Waals surface area contributed by atoms with E-state index in [9.17, 15) is 5.21 Å². The van der Waals surface area contributed by atoms with Gasteiger partial charge in [-0.2, -0.15) is 0 Å². The summed E-state index contributed by atoms with van der Waals surface area (Å²) in [5.41, 5.74) is 2.14. The van der Waals surface area contributed by atoms with Gasteiger partial charge in [-0.1, -0.05) is 41.6 Å². The molecule has 4 aromatic rings. The summed E-state index contributed by atoms with van der Waals surface area (Å²) in [5.74, 6) is 0.613. The Bertz CT molecular complexity index is 1100. The first kappa shape index (κ1) is 13.5. The number of aromatic nitrogens is 1. The van der Waals surface area contributed by atoms with Crippen LogP contribution in [-0.2, 0) is 0 Å². The minimum absolute atomic E-state index is 0.511. The summed E-state index contributed by atoms with van der Waals surface area (Å²) in [6, 6.07) is 17.5. The average molecular weight is 302 g/mol. The second-order valence-electron chi connectivity index (χ2n) is 5.42. The van der Waals surface area contributed by atoms with Crippen LogP contribution >= 0.6 is 0 Å². The van der Waals surface area contributed by atoms with Gasteiger partial charge >= 0.3 is 0 Å². The zero-order valence-electron chi connectivity index (χ0n) is 12.5. The Morgan fingerprint density at radius 2 is 1.74 bits per heavy atom. The first-order chi connectivity index (χ1) is 11.3. The van der Waals surface area contributed by atoms with Crippen LogP contribution < -0.4 is 5.36 Å². The van der Waals surface area contributed by atoms with Crippen LogP contribution in [0.15, 0.2) is 70.4 Å². The van der Waals surface area contributed by atoms with Crippen molar-refractivity contribution in [3.8, 4) is 11.5 Å². The van der Waals surface area contributed by atoms with E-state index in [-0.39, 0.29) is 0 Å². The lowest BCUT2D eigenvalue weighted by atomic mass is 10.1. The Morgan fingerprint density at radius 1 is 1.00 bits per heavy atom. The second kappa shape index (κ2) is 5.25. The molecule has 0 amide bonds. The van der Waals surface area contributed by atoms with Gasteiger partial charge in [0.05, 0.1) is 0 Å². The van der Waals surface area contributed by atoms with Gasteiger partial charge < -0.3 is 9.62 Å². The molecule has 0 radical (unpaired) electrons. The Balaban J connectivity index is 2.06. The molecule has 1 N–H and O–H groups in total. The minimum atomic E-state index is 0.511. The fourth-order valence-corrected chi connectivity index (χ4v) is 2.83. The third kappa shape index (κ3) is 2.16. The highest BCUT2D eigenvalue weighted by molar-refractivity contribution is 5.86. The van der Waals surface area contributed by atoms with Crippen molar-refractivity contribution in [1.82, 2.24) is 4.98 Å². The highest BCUT2D eigenvalue weighted by Gasteiger charge is 2.13. The fourth-order valence-electron chi connectivity index (χ4n) is 2.83. The number of nitrogens with zero attached hydrogens (tertiary/aromatic N) is 2. The molecular weight excluding hydrogens is 288 g/mol. The highest BCUT2D eigenvalue weighted by atomic mass is 16.4. The minimum Gasteiger partial charge on any atom is -0.454 e. The summed E-state index contributed by atoms with van der Waals surface area (Å²) in [7, 11) is 0. The summed E-state index contributed by atoms with van der Waals surface area (Å²) in [6.45, 7) is 1.87. The van der Waals surface area contributed by atoms with E-state index in [0.29, 0.717) is 16.7 Å². The average Bonchev–Trinajstić information content (AvgIpc) is 2.61. The Morgan fingerprint density at radius 3 is 2.57 bits per heavy atom. The standard InChI is InChI=1S/C19H14N2O2/c1-12-18(21-22)15-8-4-5-9-17(15)23-19(12)16-10-13-6-2-3-7-14(13)11-20-16/h2-11,22H,1H3/b21-18-. The summed E-state index contributed by atoms with van der Waals surface area (Å²) < 4.78 is 6.04. The van der Waals surface area contributed by atoms with E-state index in [1.165, 1.54) is 0 Å². The van der Waals surface area contributed by atoms with E-state index in [1.54, 1.807) is 0 Å². The molecule has 0 bridgehead atoms. The third-order valence-electron chi connectivity index (χ3n) is 4.01. The molecule has 23 heavy (non-hydrogen) atoms. The zero-order chi connectivity index (χ0) is 15.8. The third-order valence-corrected chi connectivity index (χ3v) is 4.01. The molecule has 0 unspecified atom stereocenters. The van der Waals surface area contributed by atoms with Crippen LogP contribution in [0.3, 0.4) is 0 Å². The van der Waals surface area contributed by atoms with Crippen molar-refractivity contribution in [2.45, 2.75) is 6.92 Å². The molecule has 2 heterocycles. The van der Waals surface area contributed by atoms with E-state index in [1.807, 2.05) is 67.7 Å². The number of rotatable bonds is 1. The topological polar surface area (TPSA) is 58.6 Å². The Hall–Kier alpha value is -3.14. The van der Waals surface area contributed by atoms with E-state index in [4.69, 9.17) is 4.42 Å². The summed E-state index contributed by atoms with van der Waals surface area (Å²) in [6.07, 6.45) is 1.82. The summed E-state index contributed by atoms with van der Waals surface area (Å²) >= 11 is 0. The number of pyridine rings is 1. The first-order valence-electron chi connectivity index (χ1n) is 7.33. The largest absolute Gasteiger partial charge is 0.454 e. The van der Waals surface area contributed by atoms with Gasteiger partial charge in [0.1, 0.15) is 16.6 Å². The highest BCUT2D eigenvalue weighted by Crippen LogP contribution is 2.26. The molecule has 0 spiro atoms. The van der Waals surface area contributed by atoms with Gasteiger partial charge in [-0.15, -0.1) is 0 Å². The number of benzene rings is 2. The molecule has 2 aromatic carbocycles. The quantitative estimate of drug-likeness (QED) is 0.422. The molecule has 0 fully saturated rings.